The van der Waals surface area contributed by atoms with E-state index in [2.05, 4.69) is 10.3 Å². The lowest BCUT2D eigenvalue weighted by Gasteiger charge is -2.37. The molecule has 2 heterocycles. The number of halogens is 1. The third kappa shape index (κ3) is 5.98. The van der Waals surface area contributed by atoms with Crippen LogP contribution in [0.25, 0.3) is 10.9 Å². The van der Waals surface area contributed by atoms with Crippen molar-refractivity contribution in [2.75, 3.05) is 18.5 Å². The molecule has 8 nitrogen and oxygen atoms in total. The molecule has 39 heavy (non-hydrogen) atoms. The van der Waals surface area contributed by atoms with Gasteiger partial charge in [-0.15, -0.1) is 0 Å². The number of carboxylic acids is 1. The van der Waals surface area contributed by atoms with Crippen LogP contribution in [0.5, 0.6) is 0 Å². The number of likely N-dealkylation sites (tertiary alicyclic amines) is 1. The minimum atomic E-state index is -1.04. The Morgan fingerprint density at radius 2 is 1.79 bits per heavy atom. The number of benzene rings is 1. The molecule has 1 aromatic heterocycles. The number of nitrogens with two attached hydrogens (primary N) is 1. The first-order valence-electron chi connectivity index (χ1n) is 14.6. The first kappa shape index (κ1) is 27.6. The summed E-state index contributed by atoms with van der Waals surface area (Å²) in [6.07, 6.45) is 10.1. The van der Waals surface area contributed by atoms with Gasteiger partial charge in [-0.3, -0.25) is 14.0 Å². The summed E-state index contributed by atoms with van der Waals surface area (Å²) < 4.78 is 12.8. The molecule has 2 aromatic rings. The lowest BCUT2D eigenvalue weighted by Crippen LogP contribution is -2.50. The van der Waals surface area contributed by atoms with Gasteiger partial charge in [0.25, 0.3) is 0 Å². The summed E-state index contributed by atoms with van der Waals surface area (Å²) in [6, 6.07) is 6.19. The Morgan fingerprint density at radius 1 is 1.05 bits per heavy atom. The number of hydrogen-bond donors (Lipinski definition) is 4. The van der Waals surface area contributed by atoms with Crippen LogP contribution in [-0.2, 0) is 9.59 Å². The number of fused-ring (bicyclic) bond motifs is 1. The van der Waals surface area contributed by atoms with E-state index in [0.717, 1.165) is 44.9 Å². The summed E-state index contributed by atoms with van der Waals surface area (Å²) in [5.74, 6) is -0.426. The average molecular weight is 541 g/mol. The molecule has 3 aliphatic rings. The highest BCUT2D eigenvalue weighted by Crippen LogP contribution is 2.41. The molecule has 1 saturated heterocycles. The number of aromatic carboxylic acids is 1. The maximum Gasteiger partial charge on any atom is 0.352 e. The van der Waals surface area contributed by atoms with E-state index in [9.17, 15) is 23.9 Å². The highest BCUT2D eigenvalue weighted by atomic mass is 19.1. The predicted octanol–water partition coefficient (Wildman–Crippen LogP) is 5.10. The molecule has 9 heteroatoms. The lowest BCUT2D eigenvalue weighted by molar-refractivity contribution is -0.142. The quantitative estimate of drug-likeness (QED) is 0.371. The number of alkyl halides is 1. The van der Waals surface area contributed by atoms with E-state index < -0.39 is 18.7 Å². The number of nitrogens with one attached hydrogen (secondary N) is 2. The molecule has 2 amide bonds. The van der Waals surface area contributed by atoms with E-state index in [1.54, 1.807) is 24.3 Å². The van der Waals surface area contributed by atoms with Crippen LogP contribution in [0.3, 0.4) is 0 Å². The summed E-state index contributed by atoms with van der Waals surface area (Å²) in [6.45, 7) is 0.184. The number of aromatic amines is 1. The first-order valence-corrected chi connectivity index (χ1v) is 14.6. The second-order valence-corrected chi connectivity index (χ2v) is 11.9. The fraction of sp³-hybridized carbons (Fsp3) is 0.633. The monoisotopic (exact) mass is 540 g/mol. The van der Waals surface area contributed by atoms with Gasteiger partial charge in [0.15, 0.2) is 0 Å². The maximum absolute atomic E-state index is 13.9. The molecule has 5 N–H and O–H groups in total. The number of nitrogens with zero attached hydrogens (tertiary/aromatic N) is 1. The molecule has 0 bridgehead atoms. The average Bonchev–Trinajstić information content (AvgIpc) is 3.58. The second kappa shape index (κ2) is 12.1. The van der Waals surface area contributed by atoms with Gasteiger partial charge in [0.2, 0.25) is 11.8 Å². The summed E-state index contributed by atoms with van der Waals surface area (Å²) >= 11 is 0. The van der Waals surface area contributed by atoms with Crippen LogP contribution < -0.4 is 11.1 Å². The molecule has 212 valence electrons. The number of H-pyrrole nitrogens is 1. The molecule has 0 radical (unpaired) electrons. The fourth-order valence-corrected chi connectivity index (χ4v) is 7.39. The SMILES string of the molecule is N[C@H](CCF)C1CCC(C(=O)N2CC[C@@H](C3CCCCC3)[C@H]2C(=O)Nc2ccc3[nH]c(C(=O)O)cc3c2)CC1. The van der Waals surface area contributed by atoms with Crippen LogP contribution >= 0.6 is 0 Å². The van der Waals surface area contributed by atoms with Crippen LogP contribution in [0, 0.1) is 23.7 Å². The van der Waals surface area contributed by atoms with Crippen molar-refractivity contribution in [3.63, 3.8) is 0 Å². The van der Waals surface area contributed by atoms with Gasteiger partial charge in [-0.25, -0.2) is 4.79 Å². The number of aromatic nitrogens is 1. The Hall–Kier alpha value is -2.94. The minimum Gasteiger partial charge on any atom is -0.477 e. The van der Waals surface area contributed by atoms with Crippen LogP contribution in [0.1, 0.15) is 81.1 Å². The molecule has 3 fully saturated rings. The Labute approximate surface area is 228 Å². The zero-order valence-corrected chi connectivity index (χ0v) is 22.5. The van der Waals surface area contributed by atoms with Gasteiger partial charge < -0.3 is 26.0 Å². The smallest absolute Gasteiger partial charge is 0.352 e. The largest absolute Gasteiger partial charge is 0.477 e. The number of hydrogen-bond acceptors (Lipinski definition) is 4. The molecular weight excluding hydrogens is 499 g/mol. The van der Waals surface area contributed by atoms with Gasteiger partial charge in [0.05, 0.1) is 6.67 Å². The predicted molar refractivity (Wildman–Crippen MR) is 148 cm³/mol. The van der Waals surface area contributed by atoms with Crippen molar-refractivity contribution in [1.29, 1.82) is 0 Å². The molecule has 0 unspecified atom stereocenters. The summed E-state index contributed by atoms with van der Waals surface area (Å²) in [7, 11) is 0. The summed E-state index contributed by atoms with van der Waals surface area (Å²) in [5.41, 5.74) is 7.54. The molecule has 5 rings (SSSR count). The van der Waals surface area contributed by atoms with Crippen LogP contribution in [0.2, 0.25) is 0 Å². The lowest BCUT2D eigenvalue weighted by atomic mass is 9.76. The van der Waals surface area contributed by atoms with Crippen molar-refractivity contribution in [2.45, 2.75) is 82.7 Å². The van der Waals surface area contributed by atoms with E-state index in [0.29, 0.717) is 35.5 Å². The molecule has 1 aromatic carbocycles. The topological polar surface area (TPSA) is 129 Å². The van der Waals surface area contributed by atoms with E-state index >= 15 is 0 Å². The summed E-state index contributed by atoms with van der Waals surface area (Å²) in [5, 5.41) is 13.1. The molecular formula is C30H41FN4O4. The van der Waals surface area contributed by atoms with Crippen molar-refractivity contribution in [3.05, 3.63) is 30.0 Å². The van der Waals surface area contributed by atoms with Crippen molar-refractivity contribution in [2.24, 2.45) is 29.4 Å². The Bertz CT molecular complexity index is 1180. The van der Waals surface area contributed by atoms with Crippen LogP contribution in [0.4, 0.5) is 10.1 Å². The summed E-state index contributed by atoms with van der Waals surface area (Å²) in [4.78, 5) is 43.8. The van der Waals surface area contributed by atoms with Crippen molar-refractivity contribution in [1.82, 2.24) is 9.88 Å². The van der Waals surface area contributed by atoms with Crippen LogP contribution in [0.15, 0.2) is 24.3 Å². The second-order valence-electron chi connectivity index (χ2n) is 11.9. The van der Waals surface area contributed by atoms with E-state index in [-0.39, 0.29) is 41.3 Å². The highest BCUT2D eigenvalue weighted by Gasteiger charge is 2.47. The maximum atomic E-state index is 13.9. The fourth-order valence-electron chi connectivity index (χ4n) is 7.39. The van der Waals surface area contributed by atoms with Gasteiger partial charge in [0.1, 0.15) is 11.7 Å². The van der Waals surface area contributed by atoms with Gasteiger partial charge in [-0.2, -0.15) is 0 Å². The van der Waals surface area contributed by atoms with Gasteiger partial charge in [0, 0.05) is 35.1 Å². The molecule has 2 aliphatic carbocycles. The van der Waals surface area contributed by atoms with Crippen molar-refractivity contribution >= 4 is 34.4 Å². The van der Waals surface area contributed by atoms with Gasteiger partial charge in [-0.05, 0) is 80.5 Å². The highest BCUT2D eigenvalue weighted by molar-refractivity contribution is 6.00. The van der Waals surface area contributed by atoms with E-state index in [4.69, 9.17) is 5.73 Å². The third-order valence-electron chi connectivity index (χ3n) is 9.54. The minimum absolute atomic E-state index is 0.0677. The molecule has 1 aliphatic heterocycles. The molecule has 2 saturated carbocycles. The van der Waals surface area contributed by atoms with Crippen molar-refractivity contribution < 1.29 is 23.9 Å². The van der Waals surface area contributed by atoms with E-state index in [1.807, 2.05) is 4.90 Å². The van der Waals surface area contributed by atoms with Crippen LogP contribution in [-0.4, -0.2) is 58.1 Å². The number of carbonyl (C=O) groups excluding carboxylic acids is 2. The Morgan fingerprint density at radius 3 is 2.49 bits per heavy atom. The molecule has 3 atom stereocenters. The third-order valence-corrected chi connectivity index (χ3v) is 9.54. The number of rotatable bonds is 8. The number of carbonyl (C=O) groups is 3. The standard InChI is InChI=1S/C30H41FN4O4/c31-14-12-24(32)19-6-8-20(9-7-19)29(37)35-15-13-23(18-4-2-1-3-5-18)27(35)28(36)33-22-10-11-25-21(16-22)17-26(34-25)30(38)39/h10-11,16-20,23-24,27,34H,1-9,12-15,32H2,(H,33,36)(H,38,39)/t19?,20?,23-,24+,27-/m0/s1. The Balaban J connectivity index is 1.32. The van der Waals surface area contributed by atoms with Crippen molar-refractivity contribution in [3.8, 4) is 0 Å². The first-order chi connectivity index (χ1) is 18.9. The van der Waals surface area contributed by atoms with Gasteiger partial charge in [-0.1, -0.05) is 32.1 Å². The van der Waals surface area contributed by atoms with Gasteiger partial charge >= 0.3 is 5.97 Å². The number of carboxylic acid groups (broad SMARTS) is 1. The zero-order chi connectivity index (χ0) is 27.5. The molecule has 0 spiro atoms. The Kier molecular flexibility index (Phi) is 8.54. The number of amides is 2. The zero-order valence-electron chi connectivity index (χ0n) is 22.5. The number of anilines is 1. The van der Waals surface area contributed by atoms with E-state index in [1.165, 1.54) is 19.3 Å². The normalized spacial score (nSPS) is 27.0.